The van der Waals surface area contributed by atoms with Crippen LogP contribution < -0.4 is 10.1 Å². The third kappa shape index (κ3) is 9.44. The molecule has 0 bridgehead atoms. The third-order valence-electron chi connectivity index (χ3n) is 7.62. The molecule has 0 saturated carbocycles. The summed E-state index contributed by atoms with van der Waals surface area (Å²) in [5.74, 6) is 1.05. The van der Waals surface area contributed by atoms with Gasteiger partial charge in [0.25, 0.3) is 0 Å². The molecule has 3 aromatic rings. The van der Waals surface area contributed by atoms with Crippen molar-refractivity contribution >= 4 is 23.8 Å². The highest BCUT2D eigenvalue weighted by Crippen LogP contribution is 2.26. The number of carboxylic acid groups (broad SMARTS) is 1. The minimum absolute atomic E-state index is 0.0254. The van der Waals surface area contributed by atoms with Gasteiger partial charge >= 0.3 is 5.97 Å². The lowest BCUT2D eigenvalue weighted by Crippen LogP contribution is -2.24. The van der Waals surface area contributed by atoms with E-state index in [-0.39, 0.29) is 17.9 Å². The number of para-hydroxylation sites is 1. The number of rotatable bonds is 14. The number of hydrogen-bond donors (Lipinski definition) is 2. The number of unbranched alkanes of at least 4 members (excludes halogenated alkanes) is 1. The Kier molecular flexibility index (Phi) is 10.7. The number of ether oxygens (including phenoxy) is 1. The molecule has 0 aliphatic carbocycles. The van der Waals surface area contributed by atoms with Crippen LogP contribution in [0.5, 0.6) is 5.75 Å². The van der Waals surface area contributed by atoms with E-state index < -0.39 is 5.97 Å². The van der Waals surface area contributed by atoms with Gasteiger partial charge in [0.1, 0.15) is 24.7 Å². The van der Waals surface area contributed by atoms with Crippen LogP contribution >= 0.6 is 0 Å². The van der Waals surface area contributed by atoms with Gasteiger partial charge in [0, 0.05) is 12.0 Å². The highest BCUT2D eigenvalue weighted by atomic mass is 16.5. The lowest BCUT2D eigenvalue weighted by Gasteiger charge is -2.19. The minimum atomic E-state index is -0.909. The molecule has 6 heteroatoms. The van der Waals surface area contributed by atoms with Crippen LogP contribution in [0.1, 0.15) is 85.5 Å². The smallest absolute Gasteiger partial charge is 0.335 e. The molecule has 42 heavy (non-hydrogen) atoms. The van der Waals surface area contributed by atoms with Crippen LogP contribution in [0.25, 0.3) is 6.08 Å². The quantitative estimate of drug-likeness (QED) is 0.197. The molecule has 0 radical (unpaired) electrons. The summed E-state index contributed by atoms with van der Waals surface area (Å²) < 4.78 is 6.26. The zero-order valence-electron chi connectivity index (χ0n) is 24.9. The summed E-state index contributed by atoms with van der Waals surface area (Å²) in [6.45, 7) is 7.39. The number of nitrogens with zero attached hydrogens (tertiary/aromatic N) is 1. The van der Waals surface area contributed by atoms with Gasteiger partial charge in [0.15, 0.2) is 0 Å². The molecule has 1 aliphatic heterocycles. The first-order chi connectivity index (χ1) is 20.2. The van der Waals surface area contributed by atoms with Crippen LogP contribution in [-0.4, -0.2) is 29.4 Å². The van der Waals surface area contributed by atoms with E-state index in [4.69, 9.17) is 4.74 Å². The molecule has 1 heterocycles. The Morgan fingerprint density at radius 1 is 0.952 bits per heavy atom. The molecule has 0 saturated heterocycles. The van der Waals surface area contributed by atoms with Gasteiger partial charge in [-0.05, 0) is 71.9 Å². The Bertz CT molecular complexity index is 1400. The first-order valence-corrected chi connectivity index (χ1v) is 14.8. The van der Waals surface area contributed by atoms with Gasteiger partial charge < -0.3 is 15.2 Å². The predicted molar refractivity (Wildman–Crippen MR) is 169 cm³/mol. The largest absolute Gasteiger partial charge is 0.488 e. The normalized spacial score (nSPS) is 14.1. The number of aromatic carboxylic acids is 1. The van der Waals surface area contributed by atoms with Crippen LogP contribution in [0, 0.1) is 5.92 Å². The van der Waals surface area contributed by atoms with Crippen molar-refractivity contribution in [2.24, 2.45) is 10.9 Å². The molecule has 3 aromatic carbocycles. The molecule has 2 N–H and O–H groups in total. The van der Waals surface area contributed by atoms with Gasteiger partial charge in [-0.3, -0.25) is 9.79 Å². The number of hydrogen-bond acceptors (Lipinski definition) is 4. The fraction of sp³-hybridized carbons (Fsp3) is 0.361. The first-order valence-electron chi connectivity index (χ1n) is 14.8. The molecule has 0 aromatic heterocycles. The fourth-order valence-electron chi connectivity index (χ4n) is 5.00. The number of amidine groups is 1. The maximum absolute atomic E-state index is 11.4. The maximum Gasteiger partial charge on any atom is 0.335 e. The zero-order valence-corrected chi connectivity index (χ0v) is 24.9. The topological polar surface area (TPSA) is 88.0 Å². The Hall–Kier alpha value is -4.19. The van der Waals surface area contributed by atoms with E-state index in [1.165, 1.54) is 5.56 Å². The number of nitrogens with one attached hydrogen (secondary N) is 1. The molecule has 220 valence electrons. The molecule has 4 rings (SSSR count). The van der Waals surface area contributed by atoms with Crippen molar-refractivity contribution < 1.29 is 19.4 Å². The summed E-state index contributed by atoms with van der Waals surface area (Å²) >= 11 is 0. The number of carboxylic acids is 1. The average Bonchev–Trinajstić information content (AvgIpc) is 3.40. The second-order valence-electron chi connectivity index (χ2n) is 12.0. The Morgan fingerprint density at radius 3 is 2.33 bits per heavy atom. The molecule has 1 unspecified atom stereocenters. The predicted octanol–water partition coefficient (Wildman–Crippen LogP) is 7.61. The highest BCUT2D eigenvalue weighted by Gasteiger charge is 2.14. The van der Waals surface area contributed by atoms with E-state index in [2.05, 4.69) is 73.6 Å². The van der Waals surface area contributed by atoms with Gasteiger partial charge in [-0.1, -0.05) is 93.9 Å². The van der Waals surface area contributed by atoms with E-state index in [0.29, 0.717) is 18.1 Å². The van der Waals surface area contributed by atoms with Gasteiger partial charge in [0.2, 0.25) is 5.91 Å². The van der Waals surface area contributed by atoms with Gasteiger partial charge in [0.05, 0.1) is 5.56 Å². The lowest BCUT2D eigenvalue weighted by atomic mass is 9.87. The summed E-state index contributed by atoms with van der Waals surface area (Å²) in [6, 6.07) is 23.9. The summed E-state index contributed by atoms with van der Waals surface area (Å²) in [6.07, 6.45) is 10.0. The van der Waals surface area contributed by atoms with Crippen molar-refractivity contribution in [3.63, 3.8) is 0 Å². The number of amides is 1. The number of carbonyl (C=O) groups excluding carboxylic acids is 1. The second-order valence-corrected chi connectivity index (χ2v) is 12.0. The molecule has 1 atom stereocenters. The lowest BCUT2D eigenvalue weighted by molar-refractivity contribution is -0.117. The van der Waals surface area contributed by atoms with Crippen molar-refractivity contribution in [1.82, 2.24) is 5.32 Å². The van der Waals surface area contributed by atoms with E-state index in [1.54, 1.807) is 12.1 Å². The molecule has 1 amide bonds. The molecule has 0 fully saturated rings. The molecular weight excluding hydrogens is 524 g/mol. The van der Waals surface area contributed by atoms with Gasteiger partial charge in [-0.2, -0.15) is 0 Å². The second kappa shape index (κ2) is 14.6. The molecule has 0 spiro atoms. The van der Waals surface area contributed by atoms with Gasteiger partial charge in [-0.15, -0.1) is 0 Å². The summed E-state index contributed by atoms with van der Waals surface area (Å²) in [5.41, 5.74) is 5.04. The van der Waals surface area contributed by atoms with E-state index in [0.717, 1.165) is 66.8 Å². The van der Waals surface area contributed by atoms with Crippen LogP contribution in [0.15, 0.2) is 83.9 Å². The summed E-state index contributed by atoms with van der Waals surface area (Å²) in [5, 5.41) is 12.0. The monoisotopic (exact) mass is 566 g/mol. The number of aryl methyl sites for hydroxylation is 1. The van der Waals surface area contributed by atoms with Crippen LogP contribution in [-0.2, 0) is 23.2 Å². The summed E-state index contributed by atoms with van der Waals surface area (Å²) in [4.78, 5) is 26.9. The first kappa shape index (κ1) is 30.8. The third-order valence-corrected chi connectivity index (χ3v) is 7.62. The molecule has 6 nitrogen and oxygen atoms in total. The van der Waals surface area contributed by atoms with Gasteiger partial charge in [-0.25, -0.2) is 4.79 Å². The fourth-order valence-corrected chi connectivity index (χ4v) is 5.00. The maximum atomic E-state index is 11.4. The van der Waals surface area contributed by atoms with Crippen molar-refractivity contribution in [2.45, 2.75) is 71.3 Å². The highest BCUT2D eigenvalue weighted by molar-refractivity contribution is 6.03. The number of benzene rings is 3. The van der Waals surface area contributed by atoms with E-state index in [1.807, 2.05) is 30.3 Å². The Labute approximate surface area is 249 Å². The number of carbonyl (C=O) groups is 2. The number of allylic oxidation sites excluding steroid dienone is 1. The van der Waals surface area contributed by atoms with Crippen LogP contribution in [0.3, 0.4) is 0 Å². The summed E-state index contributed by atoms with van der Waals surface area (Å²) in [7, 11) is 0. The van der Waals surface area contributed by atoms with Crippen molar-refractivity contribution in [2.75, 3.05) is 6.54 Å². The van der Waals surface area contributed by atoms with Crippen molar-refractivity contribution in [3.8, 4) is 5.75 Å². The molecular formula is C36H42N2O4. The zero-order chi connectivity index (χ0) is 30.0. The van der Waals surface area contributed by atoms with Crippen molar-refractivity contribution in [3.05, 3.63) is 107 Å². The SMILES string of the molecule is CC(C)(C)c1ccc(COc2ccccc2/C=C/C(CCCCC2=NCC(=O)N2)CCc2ccc(C(=O)O)cc2)cc1. The Morgan fingerprint density at radius 2 is 1.67 bits per heavy atom. The molecule has 1 aliphatic rings. The van der Waals surface area contributed by atoms with Crippen LogP contribution in [0.2, 0.25) is 0 Å². The van der Waals surface area contributed by atoms with E-state index >= 15 is 0 Å². The Balaban J connectivity index is 1.39. The van der Waals surface area contributed by atoms with Crippen molar-refractivity contribution in [1.29, 1.82) is 0 Å². The van der Waals surface area contributed by atoms with E-state index in [9.17, 15) is 14.7 Å². The standard InChI is InChI=1S/C36H42N2O4/c1-36(2,3)31-22-17-28(18-23-31)25-42-32-10-6-5-9-29(32)19-14-26(8-4-7-11-33-37-24-34(39)38-33)12-13-27-15-20-30(21-16-27)35(40)41/h5-6,9-10,14-23,26H,4,7-8,11-13,24-25H2,1-3H3,(H,40,41)(H,37,38,39)/b19-14+. The average molecular weight is 567 g/mol. The number of aliphatic imine (C=N–C) groups is 1. The minimum Gasteiger partial charge on any atom is -0.488 e. The van der Waals surface area contributed by atoms with Crippen LogP contribution in [0.4, 0.5) is 0 Å².